The van der Waals surface area contributed by atoms with Crippen LogP contribution < -0.4 is 5.32 Å². The third kappa shape index (κ3) is 2.96. The molecule has 3 aromatic heterocycles. The average Bonchev–Trinajstić information content (AvgIpc) is 3.22. The van der Waals surface area contributed by atoms with E-state index in [9.17, 15) is 0 Å². The summed E-state index contributed by atoms with van der Waals surface area (Å²) < 4.78 is 1.77. The van der Waals surface area contributed by atoms with Crippen molar-refractivity contribution in [1.82, 2.24) is 34.8 Å². The van der Waals surface area contributed by atoms with Crippen LogP contribution in [-0.4, -0.2) is 74.6 Å². The predicted molar refractivity (Wildman–Crippen MR) is 100 cm³/mol. The number of nitrogens with one attached hydrogen (secondary N) is 1. The number of fused-ring (bicyclic) bond motifs is 5. The Kier molecular flexibility index (Phi) is 4.53. The summed E-state index contributed by atoms with van der Waals surface area (Å²) in [4.78, 5) is 12.0. The minimum absolute atomic E-state index is 0.560. The van der Waals surface area contributed by atoms with Crippen LogP contribution in [0.25, 0.3) is 16.0 Å². The molecule has 8 nitrogen and oxygen atoms in total. The number of tetrazole rings is 1. The predicted octanol–water partition coefficient (Wildman–Crippen LogP) is 1.48. The molecule has 0 amide bonds. The molecule has 0 atom stereocenters. The lowest BCUT2D eigenvalue weighted by Crippen LogP contribution is -2.29. The van der Waals surface area contributed by atoms with Crippen LogP contribution >= 0.6 is 11.3 Å². The molecule has 0 aromatic carbocycles. The van der Waals surface area contributed by atoms with E-state index in [0.717, 1.165) is 56.3 Å². The lowest BCUT2D eigenvalue weighted by molar-refractivity contribution is 0.316. The number of thiophene rings is 1. The number of aromatic nitrogens is 5. The quantitative estimate of drug-likeness (QED) is 0.713. The summed E-state index contributed by atoms with van der Waals surface area (Å²) in [5.41, 5.74) is 1.41. The summed E-state index contributed by atoms with van der Waals surface area (Å²) in [7, 11) is 2.17. The monoisotopic (exact) mass is 360 g/mol. The van der Waals surface area contributed by atoms with Gasteiger partial charge in [-0.15, -0.1) is 11.3 Å². The average molecular weight is 360 g/mol. The van der Waals surface area contributed by atoms with E-state index >= 15 is 0 Å². The molecule has 0 radical (unpaired) electrons. The summed E-state index contributed by atoms with van der Waals surface area (Å²) in [5, 5.41) is 16.8. The third-order valence-corrected chi connectivity index (χ3v) is 6.13. The second kappa shape index (κ2) is 6.81. The maximum absolute atomic E-state index is 4.70. The number of likely N-dealkylation sites (N-methyl/N-ethyl adjacent to an activating group) is 2. The molecule has 25 heavy (non-hydrogen) atoms. The SMILES string of the molecule is CCN(CC)CCNc1nc2nnnn2c2sc3c(c12)CCN(C)C3. The van der Waals surface area contributed by atoms with Gasteiger partial charge in [-0.25, -0.2) is 0 Å². The van der Waals surface area contributed by atoms with Crippen molar-refractivity contribution in [2.24, 2.45) is 0 Å². The Morgan fingerprint density at radius 3 is 2.92 bits per heavy atom. The highest BCUT2D eigenvalue weighted by molar-refractivity contribution is 7.19. The van der Waals surface area contributed by atoms with Gasteiger partial charge in [0.15, 0.2) is 0 Å². The first-order valence-electron chi connectivity index (χ1n) is 8.88. The Hall–Kier alpha value is -1.84. The van der Waals surface area contributed by atoms with E-state index in [0.29, 0.717) is 5.78 Å². The Morgan fingerprint density at radius 2 is 2.12 bits per heavy atom. The van der Waals surface area contributed by atoms with E-state index in [1.807, 2.05) is 0 Å². The van der Waals surface area contributed by atoms with Crippen LogP contribution in [0.1, 0.15) is 24.3 Å². The van der Waals surface area contributed by atoms with Crippen molar-refractivity contribution >= 4 is 33.1 Å². The normalized spacial score (nSPS) is 15.4. The Balaban J connectivity index is 1.73. The zero-order valence-electron chi connectivity index (χ0n) is 15.0. The van der Waals surface area contributed by atoms with Crippen molar-refractivity contribution in [1.29, 1.82) is 0 Å². The Bertz CT molecular complexity index is 881. The molecule has 9 heteroatoms. The summed E-state index contributed by atoms with van der Waals surface area (Å²) in [6.07, 6.45) is 1.05. The number of anilines is 1. The summed E-state index contributed by atoms with van der Waals surface area (Å²) in [5.74, 6) is 1.48. The van der Waals surface area contributed by atoms with Gasteiger partial charge in [0.25, 0.3) is 5.78 Å². The first-order chi connectivity index (χ1) is 12.2. The number of rotatable bonds is 6. The van der Waals surface area contributed by atoms with E-state index in [4.69, 9.17) is 4.98 Å². The largest absolute Gasteiger partial charge is 0.368 e. The number of hydrogen-bond donors (Lipinski definition) is 1. The van der Waals surface area contributed by atoms with Crippen LogP contribution in [0.3, 0.4) is 0 Å². The molecule has 0 bridgehead atoms. The van der Waals surface area contributed by atoms with Gasteiger partial charge >= 0.3 is 0 Å². The highest BCUT2D eigenvalue weighted by Gasteiger charge is 2.24. The third-order valence-electron chi connectivity index (χ3n) is 4.94. The number of nitrogens with zero attached hydrogens (tertiary/aromatic N) is 7. The molecule has 1 aliphatic heterocycles. The van der Waals surface area contributed by atoms with Gasteiger partial charge in [-0.1, -0.05) is 18.9 Å². The zero-order valence-corrected chi connectivity index (χ0v) is 15.8. The minimum atomic E-state index is 0.560. The lowest BCUT2D eigenvalue weighted by atomic mass is 10.1. The molecule has 1 aliphatic rings. The van der Waals surface area contributed by atoms with E-state index in [2.05, 4.69) is 51.5 Å². The smallest absolute Gasteiger partial charge is 0.276 e. The van der Waals surface area contributed by atoms with Gasteiger partial charge in [0, 0.05) is 31.1 Å². The van der Waals surface area contributed by atoms with Gasteiger partial charge in [0.05, 0.1) is 5.39 Å². The summed E-state index contributed by atoms with van der Waals surface area (Å²) in [6, 6.07) is 0. The Morgan fingerprint density at radius 1 is 1.28 bits per heavy atom. The van der Waals surface area contributed by atoms with Crippen molar-refractivity contribution in [2.45, 2.75) is 26.8 Å². The standard InChI is InChI=1S/C16H24N8S/c1-4-23(5-2)9-7-17-14-13-11-6-8-22(3)10-12(11)25-15(13)24-16(18-14)19-20-21-24/h4-10H2,1-3H3,(H,17,18,19,21). The molecule has 0 saturated heterocycles. The van der Waals surface area contributed by atoms with E-state index < -0.39 is 0 Å². The summed E-state index contributed by atoms with van der Waals surface area (Å²) >= 11 is 1.79. The van der Waals surface area contributed by atoms with Gasteiger partial charge in [-0.3, -0.25) is 0 Å². The van der Waals surface area contributed by atoms with Gasteiger partial charge in [0.2, 0.25) is 0 Å². The van der Waals surface area contributed by atoms with E-state index in [1.54, 1.807) is 15.9 Å². The topological polar surface area (TPSA) is 74.5 Å². The van der Waals surface area contributed by atoms with E-state index in [-0.39, 0.29) is 0 Å². The molecule has 4 heterocycles. The van der Waals surface area contributed by atoms with Crippen LogP contribution in [0.5, 0.6) is 0 Å². The van der Waals surface area contributed by atoms with Crippen LogP contribution in [0.15, 0.2) is 0 Å². The molecule has 3 aromatic rings. The lowest BCUT2D eigenvalue weighted by Gasteiger charge is -2.22. The molecule has 0 fully saturated rings. The van der Waals surface area contributed by atoms with E-state index in [1.165, 1.54) is 15.8 Å². The first-order valence-corrected chi connectivity index (χ1v) is 9.70. The van der Waals surface area contributed by atoms with Gasteiger partial charge < -0.3 is 15.1 Å². The second-order valence-electron chi connectivity index (χ2n) is 6.48. The molecule has 4 rings (SSSR count). The van der Waals surface area contributed by atoms with Gasteiger partial charge in [-0.2, -0.15) is 9.50 Å². The molecule has 0 spiro atoms. The number of hydrogen-bond acceptors (Lipinski definition) is 8. The summed E-state index contributed by atoms with van der Waals surface area (Å²) in [6.45, 7) is 10.4. The highest BCUT2D eigenvalue weighted by atomic mass is 32.1. The fraction of sp³-hybridized carbons (Fsp3) is 0.625. The minimum Gasteiger partial charge on any atom is -0.368 e. The van der Waals surface area contributed by atoms with Crippen molar-refractivity contribution in [2.75, 3.05) is 45.1 Å². The van der Waals surface area contributed by atoms with Crippen molar-refractivity contribution in [3.63, 3.8) is 0 Å². The Labute approximate surface area is 150 Å². The van der Waals surface area contributed by atoms with Crippen molar-refractivity contribution < 1.29 is 0 Å². The maximum Gasteiger partial charge on any atom is 0.276 e. The molecule has 0 saturated carbocycles. The fourth-order valence-corrected chi connectivity index (χ4v) is 4.82. The molecule has 0 unspecified atom stereocenters. The molecule has 1 N–H and O–H groups in total. The van der Waals surface area contributed by atoms with Crippen molar-refractivity contribution in [3.8, 4) is 0 Å². The van der Waals surface area contributed by atoms with Crippen LogP contribution in [0.2, 0.25) is 0 Å². The molecular weight excluding hydrogens is 336 g/mol. The van der Waals surface area contributed by atoms with Crippen molar-refractivity contribution in [3.05, 3.63) is 10.4 Å². The molecule has 0 aliphatic carbocycles. The van der Waals surface area contributed by atoms with Gasteiger partial charge in [-0.05, 0) is 42.5 Å². The zero-order chi connectivity index (χ0) is 17.4. The molecule has 134 valence electrons. The molecular formula is C16H24N8S. The van der Waals surface area contributed by atoms with Gasteiger partial charge in [0.1, 0.15) is 10.6 Å². The first kappa shape index (κ1) is 16.6. The highest BCUT2D eigenvalue weighted by Crippen LogP contribution is 2.38. The second-order valence-corrected chi connectivity index (χ2v) is 7.56. The van der Waals surface area contributed by atoms with Crippen LogP contribution in [-0.2, 0) is 13.0 Å². The maximum atomic E-state index is 4.70. The van der Waals surface area contributed by atoms with Crippen LogP contribution in [0.4, 0.5) is 5.82 Å². The van der Waals surface area contributed by atoms with Crippen LogP contribution in [0, 0.1) is 0 Å². The fourth-order valence-electron chi connectivity index (χ4n) is 3.45.